The van der Waals surface area contributed by atoms with Crippen molar-refractivity contribution in [2.75, 3.05) is 0 Å². The van der Waals surface area contributed by atoms with Crippen molar-refractivity contribution < 1.29 is 14.2 Å². The molecule has 1 unspecified atom stereocenters. The Balaban J connectivity index is 2.14. The largest absolute Gasteiger partial charge is 0.343 e. The topological polar surface area (TPSA) is 27.7 Å². The van der Waals surface area contributed by atoms with E-state index in [4.69, 9.17) is 14.2 Å². The van der Waals surface area contributed by atoms with E-state index >= 15 is 0 Å². The molecular formula is C13H24O3. The van der Waals surface area contributed by atoms with Crippen LogP contribution in [0.3, 0.4) is 0 Å². The number of hydrogen-bond acceptors (Lipinski definition) is 3. The van der Waals surface area contributed by atoms with Gasteiger partial charge in [0.05, 0.1) is 5.60 Å². The first-order chi connectivity index (χ1) is 7.44. The minimum Gasteiger partial charge on any atom is -0.343 e. The molecule has 4 atom stereocenters. The number of rotatable bonds is 3. The van der Waals surface area contributed by atoms with Gasteiger partial charge in [0.2, 0.25) is 0 Å². The van der Waals surface area contributed by atoms with E-state index in [0.717, 1.165) is 19.3 Å². The minimum atomic E-state index is -0.490. The van der Waals surface area contributed by atoms with Crippen LogP contribution in [-0.4, -0.2) is 23.8 Å². The molecule has 0 aromatic rings. The molecule has 0 aromatic heterocycles. The number of fused-ring (bicyclic) bond motifs is 1. The lowest BCUT2D eigenvalue weighted by atomic mass is 9.81. The third kappa shape index (κ3) is 1.79. The fourth-order valence-corrected chi connectivity index (χ4v) is 3.12. The van der Waals surface area contributed by atoms with Gasteiger partial charge in [-0.25, -0.2) is 0 Å². The summed E-state index contributed by atoms with van der Waals surface area (Å²) >= 11 is 0. The second-order valence-electron chi connectivity index (χ2n) is 5.54. The maximum Gasteiger partial charge on any atom is 0.188 e. The highest BCUT2D eigenvalue weighted by atomic mass is 16.8. The lowest BCUT2D eigenvalue weighted by Gasteiger charge is -2.34. The molecule has 2 heterocycles. The van der Waals surface area contributed by atoms with E-state index in [-0.39, 0.29) is 18.0 Å². The first-order valence-electron chi connectivity index (χ1n) is 6.47. The predicted molar refractivity (Wildman–Crippen MR) is 62.0 cm³/mol. The first kappa shape index (κ1) is 12.3. The Bertz CT molecular complexity index is 264. The highest BCUT2D eigenvalue weighted by Gasteiger charge is 2.58. The highest BCUT2D eigenvalue weighted by Crippen LogP contribution is 2.48. The van der Waals surface area contributed by atoms with Gasteiger partial charge in [0.15, 0.2) is 12.1 Å². The van der Waals surface area contributed by atoms with Gasteiger partial charge in [0.25, 0.3) is 0 Å². The van der Waals surface area contributed by atoms with Gasteiger partial charge in [0, 0.05) is 5.92 Å². The summed E-state index contributed by atoms with van der Waals surface area (Å²) in [5.41, 5.74) is -0.0411. The summed E-state index contributed by atoms with van der Waals surface area (Å²) < 4.78 is 17.9. The van der Waals surface area contributed by atoms with Crippen molar-refractivity contribution in [3.63, 3.8) is 0 Å². The van der Waals surface area contributed by atoms with Crippen molar-refractivity contribution in [2.24, 2.45) is 5.92 Å². The number of hydrogen-bond donors (Lipinski definition) is 0. The molecule has 0 aliphatic carbocycles. The monoisotopic (exact) mass is 228 g/mol. The summed E-state index contributed by atoms with van der Waals surface area (Å²) in [6.07, 6.45) is 3.19. The molecule has 0 saturated carbocycles. The first-order valence-corrected chi connectivity index (χ1v) is 6.47. The van der Waals surface area contributed by atoms with E-state index in [9.17, 15) is 0 Å². The van der Waals surface area contributed by atoms with Crippen LogP contribution in [0.5, 0.6) is 0 Å². The van der Waals surface area contributed by atoms with Crippen LogP contribution in [-0.2, 0) is 14.2 Å². The molecule has 2 aliphatic rings. The zero-order valence-electron chi connectivity index (χ0n) is 11.1. The molecule has 0 radical (unpaired) electrons. The highest BCUT2D eigenvalue weighted by molar-refractivity contribution is 4.99. The van der Waals surface area contributed by atoms with E-state index in [2.05, 4.69) is 20.8 Å². The molecule has 2 aliphatic heterocycles. The molecular weight excluding hydrogens is 204 g/mol. The van der Waals surface area contributed by atoms with Crippen molar-refractivity contribution in [3.8, 4) is 0 Å². The lowest BCUT2D eigenvalue weighted by Crippen LogP contribution is -2.38. The van der Waals surface area contributed by atoms with Gasteiger partial charge in [-0.1, -0.05) is 27.2 Å². The van der Waals surface area contributed by atoms with Gasteiger partial charge in [-0.2, -0.15) is 0 Å². The molecule has 2 fully saturated rings. The Labute approximate surface area is 98.4 Å². The molecule has 16 heavy (non-hydrogen) atoms. The molecule has 0 N–H and O–H groups in total. The standard InChI is InChI=1S/C13H24O3/c1-6-8-13(7-2)9(3)10-11(16-13)15-12(4,5)14-10/h9-11H,6-8H2,1-5H3/t9-,10?,11+,13+/m1/s1. The Morgan fingerprint density at radius 3 is 2.25 bits per heavy atom. The fraction of sp³-hybridized carbons (Fsp3) is 1.00. The average molecular weight is 228 g/mol. The molecule has 3 nitrogen and oxygen atoms in total. The molecule has 0 spiro atoms. The summed E-state index contributed by atoms with van der Waals surface area (Å²) in [5, 5.41) is 0. The van der Waals surface area contributed by atoms with E-state index in [1.165, 1.54) is 0 Å². The van der Waals surface area contributed by atoms with Crippen LogP contribution in [0.15, 0.2) is 0 Å². The van der Waals surface area contributed by atoms with Gasteiger partial charge < -0.3 is 14.2 Å². The Hall–Kier alpha value is -0.120. The molecule has 0 amide bonds. The molecule has 94 valence electrons. The maximum absolute atomic E-state index is 6.16. The van der Waals surface area contributed by atoms with Crippen molar-refractivity contribution in [3.05, 3.63) is 0 Å². The third-order valence-corrected chi connectivity index (χ3v) is 4.03. The van der Waals surface area contributed by atoms with Crippen molar-refractivity contribution in [2.45, 2.75) is 77.7 Å². The molecule has 2 saturated heterocycles. The average Bonchev–Trinajstić information content (AvgIpc) is 2.62. The minimum absolute atomic E-state index is 0.0411. The van der Waals surface area contributed by atoms with Gasteiger partial charge in [-0.05, 0) is 26.7 Å². The van der Waals surface area contributed by atoms with Gasteiger partial charge in [-0.3, -0.25) is 0 Å². The normalized spacial score (nSPS) is 45.9. The Morgan fingerprint density at radius 2 is 1.75 bits per heavy atom. The molecule has 0 bridgehead atoms. The van der Waals surface area contributed by atoms with Crippen LogP contribution in [0.4, 0.5) is 0 Å². The lowest BCUT2D eigenvalue weighted by molar-refractivity contribution is -0.233. The smallest absolute Gasteiger partial charge is 0.188 e. The maximum atomic E-state index is 6.16. The van der Waals surface area contributed by atoms with Gasteiger partial charge in [-0.15, -0.1) is 0 Å². The van der Waals surface area contributed by atoms with Crippen LogP contribution >= 0.6 is 0 Å². The van der Waals surface area contributed by atoms with Crippen molar-refractivity contribution in [1.29, 1.82) is 0 Å². The van der Waals surface area contributed by atoms with E-state index in [1.807, 2.05) is 13.8 Å². The van der Waals surface area contributed by atoms with Crippen LogP contribution in [0.25, 0.3) is 0 Å². The number of ether oxygens (including phenoxy) is 3. The van der Waals surface area contributed by atoms with Crippen molar-refractivity contribution >= 4 is 0 Å². The van der Waals surface area contributed by atoms with Crippen molar-refractivity contribution in [1.82, 2.24) is 0 Å². The zero-order valence-corrected chi connectivity index (χ0v) is 11.1. The van der Waals surface area contributed by atoms with Gasteiger partial charge >= 0.3 is 0 Å². The quantitative estimate of drug-likeness (QED) is 0.743. The summed E-state index contributed by atoms with van der Waals surface area (Å²) in [7, 11) is 0. The summed E-state index contributed by atoms with van der Waals surface area (Å²) in [6, 6.07) is 0. The Kier molecular flexibility index (Phi) is 3.06. The SMILES string of the molecule is CCC[C@]1(CC)O[C@@H]2OC(C)(C)OC2[C@H]1C. The van der Waals surface area contributed by atoms with E-state index in [1.54, 1.807) is 0 Å². The molecule has 2 rings (SSSR count). The summed E-state index contributed by atoms with van der Waals surface area (Å²) in [5.74, 6) is -0.0837. The van der Waals surface area contributed by atoms with E-state index < -0.39 is 5.79 Å². The second kappa shape index (κ2) is 3.97. The third-order valence-electron chi connectivity index (χ3n) is 4.03. The van der Waals surface area contributed by atoms with Crippen LogP contribution in [0.2, 0.25) is 0 Å². The summed E-state index contributed by atoms with van der Waals surface area (Å²) in [4.78, 5) is 0. The van der Waals surface area contributed by atoms with E-state index in [0.29, 0.717) is 5.92 Å². The molecule has 3 heteroatoms. The second-order valence-corrected chi connectivity index (χ2v) is 5.54. The molecule has 0 aromatic carbocycles. The van der Waals surface area contributed by atoms with Crippen LogP contribution in [0, 0.1) is 5.92 Å². The van der Waals surface area contributed by atoms with Crippen LogP contribution in [0.1, 0.15) is 53.9 Å². The van der Waals surface area contributed by atoms with Gasteiger partial charge in [0.1, 0.15) is 6.10 Å². The van der Waals surface area contributed by atoms with Crippen LogP contribution < -0.4 is 0 Å². The predicted octanol–water partition coefficient (Wildman–Crippen LogP) is 3.08. The fourth-order valence-electron chi connectivity index (χ4n) is 3.12. The Morgan fingerprint density at radius 1 is 1.06 bits per heavy atom. The zero-order chi connectivity index (χ0) is 12.0. The summed E-state index contributed by atoms with van der Waals surface area (Å²) in [6.45, 7) is 10.5.